The van der Waals surface area contributed by atoms with Gasteiger partial charge in [-0.15, -0.1) is 0 Å². The number of hydrogen-bond acceptors (Lipinski definition) is 8. The predicted molar refractivity (Wildman–Crippen MR) is 157 cm³/mol. The minimum absolute atomic E-state index is 0.128. The maximum absolute atomic E-state index is 7.20. The normalized spacial score (nSPS) is 18.9. The van der Waals surface area contributed by atoms with E-state index in [9.17, 15) is 0 Å². The molecule has 0 bridgehead atoms. The largest absolute Gasteiger partial charge is 0.497 e. The van der Waals surface area contributed by atoms with Gasteiger partial charge in [0, 0.05) is 46.2 Å². The van der Waals surface area contributed by atoms with Crippen molar-refractivity contribution < 1.29 is 28.5 Å². The van der Waals surface area contributed by atoms with Crippen LogP contribution in [0.3, 0.4) is 0 Å². The van der Waals surface area contributed by atoms with Crippen LogP contribution in [0.25, 0.3) is 16.8 Å². The number of fused-ring (bicyclic) bond motifs is 4. The van der Waals surface area contributed by atoms with Gasteiger partial charge in [0.05, 0.1) is 20.8 Å². The minimum atomic E-state index is -0.915. The zero-order chi connectivity index (χ0) is 28.0. The van der Waals surface area contributed by atoms with E-state index in [1.165, 1.54) is 18.5 Å². The SMILES string of the molecule is COc1ccc(C2(c3ccc(N4CCCC4)cc3)C=Cc3c(CON)cc4c(OC)c5c(cc4c3O2)OCO5)cc1. The molecule has 7 rings (SSSR count). The van der Waals surface area contributed by atoms with Gasteiger partial charge in [0.25, 0.3) is 0 Å². The number of nitrogens with two attached hydrogens (primary N) is 1. The molecule has 8 nitrogen and oxygen atoms in total. The van der Waals surface area contributed by atoms with E-state index in [-0.39, 0.29) is 13.4 Å². The van der Waals surface area contributed by atoms with Crippen molar-refractivity contribution in [3.8, 4) is 28.7 Å². The molecule has 1 fully saturated rings. The Morgan fingerprint density at radius 2 is 1.59 bits per heavy atom. The lowest BCUT2D eigenvalue weighted by Crippen LogP contribution is -2.34. The first-order valence-electron chi connectivity index (χ1n) is 13.8. The smallest absolute Gasteiger partial charge is 0.231 e. The van der Waals surface area contributed by atoms with E-state index in [2.05, 4.69) is 41.3 Å². The van der Waals surface area contributed by atoms with Crippen LogP contribution in [0.15, 0.2) is 66.7 Å². The first kappa shape index (κ1) is 25.6. The number of anilines is 1. The van der Waals surface area contributed by atoms with Crippen molar-refractivity contribution >= 4 is 22.5 Å². The van der Waals surface area contributed by atoms with Gasteiger partial charge in [0.2, 0.25) is 12.5 Å². The summed E-state index contributed by atoms with van der Waals surface area (Å²) in [5.41, 5.74) is 4.05. The third-order valence-corrected chi connectivity index (χ3v) is 8.29. The van der Waals surface area contributed by atoms with Crippen LogP contribution in [0.4, 0.5) is 5.69 Å². The number of benzene rings is 4. The Morgan fingerprint density at radius 3 is 2.27 bits per heavy atom. The second-order valence-electron chi connectivity index (χ2n) is 10.5. The van der Waals surface area contributed by atoms with Gasteiger partial charge >= 0.3 is 0 Å². The van der Waals surface area contributed by atoms with Crippen LogP contribution in [-0.2, 0) is 17.0 Å². The third kappa shape index (κ3) is 4.13. The van der Waals surface area contributed by atoms with Crippen LogP contribution in [0.5, 0.6) is 28.7 Å². The Hall–Kier alpha value is -4.40. The van der Waals surface area contributed by atoms with Crippen LogP contribution in [0, 0.1) is 0 Å². The van der Waals surface area contributed by atoms with Crippen LogP contribution >= 0.6 is 0 Å². The molecule has 0 spiro atoms. The molecule has 4 aromatic rings. The topological polar surface area (TPSA) is 84.6 Å². The highest BCUT2D eigenvalue weighted by Gasteiger charge is 2.39. The molecule has 4 aromatic carbocycles. The Balaban J connectivity index is 1.44. The molecule has 41 heavy (non-hydrogen) atoms. The van der Waals surface area contributed by atoms with Gasteiger partial charge in [0.15, 0.2) is 17.1 Å². The lowest BCUT2D eigenvalue weighted by atomic mass is 9.82. The summed E-state index contributed by atoms with van der Waals surface area (Å²) in [6.07, 6.45) is 6.66. The molecular formula is C33H32N2O6. The van der Waals surface area contributed by atoms with Gasteiger partial charge in [0.1, 0.15) is 11.5 Å². The fraction of sp³-hybridized carbons (Fsp3) is 0.273. The zero-order valence-electron chi connectivity index (χ0n) is 23.1. The number of ether oxygens (including phenoxy) is 5. The van der Waals surface area contributed by atoms with E-state index in [1.807, 2.05) is 36.4 Å². The highest BCUT2D eigenvalue weighted by molar-refractivity contribution is 6.01. The van der Waals surface area contributed by atoms with E-state index in [0.29, 0.717) is 23.0 Å². The molecule has 0 saturated carbocycles. The van der Waals surface area contributed by atoms with Gasteiger partial charge in [-0.25, -0.2) is 5.90 Å². The van der Waals surface area contributed by atoms with Crippen LogP contribution in [0.2, 0.25) is 0 Å². The maximum atomic E-state index is 7.20. The summed E-state index contributed by atoms with van der Waals surface area (Å²) in [4.78, 5) is 7.54. The summed E-state index contributed by atoms with van der Waals surface area (Å²) in [5, 5.41) is 1.67. The molecule has 0 aliphatic carbocycles. The van der Waals surface area contributed by atoms with Crippen molar-refractivity contribution in [1.82, 2.24) is 0 Å². The number of nitrogens with zero attached hydrogens (tertiary/aromatic N) is 1. The highest BCUT2D eigenvalue weighted by Crippen LogP contribution is 2.53. The molecule has 1 saturated heterocycles. The lowest BCUT2D eigenvalue weighted by Gasteiger charge is -2.37. The molecule has 210 valence electrons. The first-order chi connectivity index (χ1) is 20.1. The summed E-state index contributed by atoms with van der Waals surface area (Å²) in [5.74, 6) is 8.81. The Labute approximate surface area is 238 Å². The maximum Gasteiger partial charge on any atom is 0.231 e. The monoisotopic (exact) mass is 552 g/mol. The predicted octanol–water partition coefficient (Wildman–Crippen LogP) is 5.93. The van der Waals surface area contributed by atoms with E-state index >= 15 is 0 Å². The average Bonchev–Trinajstić information content (AvgIpc) is 3.73. The molecule has 8 heteroatoms. The van der Waals surface area contributed by atoms with Gasteiger partial charge in [-0.2, -0.15) is 0 Å². The van der Waals surface area contributed by atoms with Crippen molar-refractivity contribution in [2.75, 3.05) is 39.0 Å². The third-order valence-electron chi connectivity index (χ3n) is 8.29. The average molecular weight is 553 g/mol. The summed E-state index contributed by atoms with van der Waals surface area (Å²) in [7, 11) is 3.29. The molecule has 0 amide bonds. The van der Waals surface area contributed by atoms with E-state index in [0.717, 1.165) is 51.9 Å². The summed E-state index contributed by atoms with van der Waals surface area (Å²) in [6.45, 7) is 2.50. The van der Waals surface area contributed by atoms with Gasteiger partial charge < -0.3 is 28.6 Å². The van der Waals surface area contributed by atoms with Crippen molar-refractivity contribution in [3.05, 3.63) is 89.0 Å². The van der Waals surface area contributed by atoms with Gasteiger partial charge in [-0.1, -0.05) is 30.3 Å². The van der Waals surface area contributed by atoms with Crippen molar-refractivity contribution in [3.63, 3.8) is 0 Å². The minimum Gasteiger partial charge on any atom is -0.497 e. The number of hydrogen-bond donors (Lipinski definition) is 1. The molecule has 3 aliphatic rings. The first-order valence-corrected chi connectivity index (χ1v) is 13.8. The van der Waals surface area contributed by atoms with Gasteiger partial charge in [-0.05, 0) is 60.9 Å². The Morgan fingerprint density at radius 1 is 0.854 bits per heavy atom. The second kappa shape index (κ2) is 10.2. The van der Waals surface area contributed by atoms with E-state index in [4.69, 9.17) is 34.4 Å². The van der Waals surface area contributed by atoms with Crippen molar-refractivity contribution in [1.29, 1.82) is 0 Å². The molecule has 2 N–H and O–H groups in total. The number of methoxy groups -OCH3 is 2. The van der Waals surface area contributed by atoms with Gasteiger partial charge in [-0.3, -0.25) is 4.84 Å². The Kier molecular flexibility index (Phi) is 6.37. The highest BCUT2D eigenvalue weighted by atomic mass is 16.7. The Bertz CT molecular complexity index is 1630. The molecule has 1 unspecified atom stereocenters. The fourth-order valence-electron chi connectivity index (χ4n) is 6.21. The zero-order valence-corrected chi connectivity index (χ0v) is 23.1. The van der Waals surface area contributed by atoms with Crippen LogP contribution < -0.4 is 34.5 Å². The molecular weight excluding hydrogens is 520 g/mol. The van der Waals surface area contributed by atoms with E-state index < -0.39 is 5.60 Å². The summed E-state index contributed by atoms with van der Waals surface area (Å²) < 4.78 is 30.0. The van der Waals surface area contributed by atoms with Crippen molar-refractivity contribution in [2.24, 2.45) is 5.90 Å². The van der Waals surface area contributed by atoms with Crippen LogP contribution in [-0.4, -0.2) is 34.1 Å². The van der Waals surface area contributed by atoms with E-state index in [1.54, 1.807) is 14.2 Å². The quantitative estimate of drug-likeness (QED) is 0.283. The fourth-order valence-corrected chi connectivity index (χ4v) is 6.21. The molecule has 0 radical (unpaired) electrons. The summed E-state index contributed by atoms with van der Waals surface area (Å²) >= 11 is 0. The van der Waals surface area contributed by atoms with Crippen molar-refractivity contribution in [2.45, 2.75) is 25.0 Å². The molecule has 0 aromatic heterocycles. The summed E-state index contributed by atoms with van der Waals surface area (Å²) in [6, 6.07) is 20.7. The molecule has 3 heterocycles. The molecule has 3 aliphatic heterocycles. The lowest BCUT2D eigenvalue weighted by molar-refractivity contribution is 0.122. The van der Waals surface area contributed by atoms with Crippen LogP contribution in [0.1, 0.15) is 35.1 Å². The number of rotatable bonds is 7. The standard InChI is InChI=1S/C33H32N2O6/c1-36-25-11-7-23(8-12-25)33(22-5-9-24(10-6-22)35-15-3-4-16-35)14-13-26-21(19-40-34)17-27-28(30(26)41-33)18-29-32(31(27)37-2)39-20-38-29/h5-14,17-18H,3-4,15-16,19-20,34H2,1-2H3. The molecule has 1 atom stereocenters. The second-order valence-corrected chi connectivity index (χ2v) is 10.5.